The first kappa shape index (κ1) is 26.9. The fourth-order valence-electron chi connectivity index (χ4n) is 5.67. The Morgan fingerprint density at radius 2 is 1.37 bits per heavy atom. The van der Waals surface area contributed by atoms with E-state index in [1.54, 1.807) is 0 Å². The standard InChI is InChI=1S/C37H25N4O.Pt/c1-26-20-21-38-37(22-26)41-33-15-6-5-14-31(33)32-19-18-30(24-36(32)41)42-29-13-9-12-28(23-29)40-25-39(27-10-3-2-4-11-27)34-16-7-8-17-35(34)40;/h2-22,25H,1H3;/q-1;. The maximum absolute atomic E-state index is 6.40. The molecule has 0 amide bonds. The minimum Gasteiger partial charge on any atom is -0.508 e. The van der Waals surface area contributed by atoms with Crippen molar-refractivity contribution in [2.24, 2.45) is 0 Å². The third kappa shape index (κ3) is 4.72. The second-order valence-corrected chi connectivity index (χ2v) is 10.3. The van der Waals surface area contributed by atoms with Crippen LogP contribution in [0.1, 0.15) is 5.56 Å². The van der Waals surface area contributed by atoms with Gasteiger partial charge in [-0.05, 0) is 48.2 Å². The third-order valence-electron chi connectivity index (χ3n) is 7.59. The number of hydrogen-bond donors (Lipinski definition) is 0. The first-order valence-corrected chi connectivity index (χ1v) is 13.9. The smallest absolute Gasteiger partial charge is 0.168 e. The van der Waals surface area contributed by atoms with Gasteiger partial charge in [-0.15, -0.1) is 29.7 Å². The fraction of sp³-hybridized carbons (Fsp3) is 0.0270. The van der Waals surface area contributed by atoms with Crippen molar-refractivity contribution in [2.75, 3.05) is 0 Å². The molecule has 5 nitrogen and oxygen atoms in total. The van der Waals surface area contributed by atoms with Crippen molar-refractivity contribution in [1.82, 2.24) is 18.7 Å². The molecule has 0 bridgehead atoms. The number of rotatable bonds is 5. The van der Waals surface area contributed by atoms with Gasteiger partial charge in [-0.2, -0.15) is 16.7 Å². The summed E-state index contributed by atoms with van der Waals surface area (Å²) in [7, 11) is 0. The zero-order valence-corrected chi connectivity index (χ0v) is 25.5. The Kier molecular flexibility index (Phi) is 6.88. The molecule has 5 aromatic carbocycles. The quantitative estimate of drug-likeness (QED) is 0.166. The Bertz CT molecular complexity index is 2250. The molecule has 0 aliphatic rings. The SMILES string of the molecule is Cc1ccnc(-n2c3[c-]c(Oc4[c-]c(-n5[cH+]n(-c6ccccc6)c6ccccc65)ccc4)ccc3c3ccccc32)c1.[Pt]. The maximum Gasteiger partial charge on any atom is 0.168 e. The fourth-order valence-corrected chi connectivity index (χ4v) is 5.67. The maximum atomic E-state index is 6.40. The number of imidazole rings is 1. The molecule has 210 valence electrons. The van der Waals surface area contributed by atoms with Gasteiger partial charge >= 0.3 is 0 Å². The van der Waals surface area contributed by atoms with Crippen molar-refractivity contribution in [3.63, 3.8) is 0 Å². The van der Waals surface area contributed by atoms with Crippen molar-refractivity contribution >= 4 is 32.8 Å². The van der Waals surface area contributed by atoms with Crippen LogP contribution in [0.5, 0.6) is 11.5 Å². The number of pyridine rings is 1. The molecule has 0 spiro atoms. The monoisotopic (exact) mass is 736 g/mol. The molecule has 0 aliphatic carbocycles. The van der Waals surface area contributed by atoms with Crippen LogP contribution < -0.4 is 4.74 Å². The van der Waals surface area contributed by atoms with Crippen LogP contribution in [0.15, 0.2) is 134 Å². The molecule has 0 fully saturated rings. The Labute approximate surface area is 263 Å². The second kappa shape index (κ2) is 11.0. The summed E-state index contributed by atoms with van der Waals surface area (Å²) in [6.45, 7) is 2.08. The van der Waals surface area contributed by atoms with E-state index in [9.17, 15) is 0 Å². The number of hydrogen-bond acceptors (Lipinski definition) is 2. The van der Waals surface area contributed by atoms with E-state index in [-0.39, 0.29) is 21.1 Å². The predicted octanol–water partition coefficient (Wildman–Crippen LogP) is 8.89. The van der Waals surface area contributed by atoms with E-state index in [2.05, 4.69) is 129 Å². The first-order valence-electron chi connectivity index (χ1n) is 13.9. The van der Waals surface area contributed by atoms with Crippen molar-refractivity contribution in [3.8, 4) is 28.7 Å². The summed E-state index contributed by atoms with van der Waals surface area (Å²) in [5.41, 5.74) is 7.33. The predicted molar refractivity (Wildman–Crippen MR) is 168 cm³/mol. The van der Waals surface area contributed by atoms with Gasteiger partial charge in [0, 0.05) is 62.1 Å². The number of benzene rings is 5. The molecule has 0 aliphatic heterocycles. The van der Waals surface area contributed by atoms with E-state index in [1.807, 2.05) is 42.6 Å². The third-order valence-corrected chi connectivity index (χ3v) is 7.59. The summed E-state index contributed by atoms with van der Waals surface area (Å²) in [6, 6.07) is 48.2. The molecular formula is C37H25N4OPt-. The van der Waals surface area contributed by atoms with Gasteiger partial charge in [0.1, 0.15) is 11.5 Å². The van der Waals surface area contributed by atoms with Crippen LogP contribution in [0.3, 0.4) is 0 Å². The number of fused-ring (bicyclic) bond motifs is 4. The van der Waals surface area contributed by atoms with Gasteiger partial charge in [-0.3, -0.25) is 0 Å². The molecule has 0 radical (unpaired) electrons. The molecule has 0 saturated heterocycles. The molecule has 43 heavy (non-hydrogen) atoms. The normalized spacial score (nSPS) is 11.2. The number of nitrogens with zero attached hydrogens (tertiary/aromatic N) is 4. The summed E-state index contributed by atoms with van der Waals surface area (Å²) < 4.78 is 12.9. The Morgan fingerprint density at radius 1 is 0.651 bits per heavy atom. The van der Waals surface area contributed by atoms with Gasteiger partial charge in [0.15, 0.2) is 17.4 Å². The average molecular weight is 737 g/mol. The number of aryl methyl sites for hydroxylation is 1. The second-order valence-electron chi connectivity index (χ2n) is 10.3. The Morgan fingerprint density at radius 3 is 2.19 bits per heavy atom. The summed E-state index contributed by atoms with van der Waals surface area (Å²) in [5, 5.41) is 2.25. The largest absolute Gasteiger partial charge is 0.508 e. The summed E-state index contributed by atoms with van der Waals surface area (Å²) >= 11 is 0. The summed E-state index contributed by atoms with van der Waals surface area (Å²) in [6.07, 6.45) is 3.94. The van der Waals surface area contributed by atoms with Crippen LogP contribution in [-0.4, -0.2) is 18.7 Å². The van der Waals surface area contributed by atoms with Crippen molar-refractivity contribution in [3.05, 3.63) is 152 Å². The summed E-state index contributed by atoms with van der Waals surface area (Å²) in [5.74, 6) is 2.09. The van der Waals surface area contributed by atoms with Crippen LogP contribution in [0, 0.1) is 19.1 Å². The van der Waals surface area contributed by atoms with Crippen molar-refractivity contribution in [1.29, 1.82) is 0 Å². The minimum atomic E-state index is 0. The topological polar surface area (TPSA) is 36.9 Å². The van der Waals surface area contributed by atoms with E-state index in [0.29, 0.717) is 11.5 Å². The number of aromatic nitrogens is 4. The van der Waals surface area contributed by atoms with Gasteiger partial charge < -0.3 is 9.30 Å². The van der Waals surface area contributed by atoms with Crippen LogP contribution in [0.2, 0.25) is 0 Å². The van der Waals surface area contributed by atoms with Crippen LogP contribution >= 0.6 is 0 Å². The Balaban J connectivity index is 0.00000300. The van der Waals surface area contributed by atoms with Gasteiger partial charge in [0.25, 0.3) is 0 Å². The minimum absolute atomic E-state index is 0. The number of para-hydroxylation sites is 4. The Hall–Kier alpha value is -4.99. The molecule has 8 aromatic rings. The molecular weight excluding hydrogens is 712 g/mol. The average Bonchev–Trinajstić information content (AvgIpc) is 3.58. The van der Waals surface area contributed by atoms with E-state index in [0.717, 1.165) is 55.6 Å². The first-order chi connectivity index (χ1) is 20.7. The molecule has 3 heterocycles. The van der Waals surface area contributed by atoms with Crippen LogP contribution in [0.25, 0.3) is 50.0 Å². The molecule has 0 saturated carbocycles. The van der Waals surface area contributed by atoms with E-state index >= 15 is 0 Å². The van der Waals surface area contributed by atoms with Crippen LogP contribution in [-0.2, 0) is 21.1 Å². The molecule has 0 N–H and O–H groups in total. The number of ether oxygens (including phenoxy) is 1. The molecule has 6 heteroatoms. The molecule has 3 aromatic heterocycles. The van der Waals surface area contributed by atoms with Gasteiger partial charge in [0.2, 0.25) is 0 Å². The zero-order valence-electron chi connectivity index (χ0n) is 23.2. The van der Waals surface area contributed by atoms with Crippen molar-refractivity contribution < 1.29 is 25.8 Å². The summed E-state index contributed by atoms with van der Waals surface area (Å²) in [4.78, 5) is 4.68. The van der Waals surface area contributed by atoms with E-state index < -0.39 is 0 Å². The van der Waals surface area contributed by atoms with Gasteiger partial charge in [0.05, 0.1) is 0 Å². The molecule has 8 rings (SSSR count). The van der Waals surface area contributed by atoms with E-state index in [1.165, 1.54) is 0 Å². The molecule has 0 atom stereocenters. The van der Waals surface area contributed by atoms with Gasteiger partial charge in [-0.1, -0.05) is 60.1 Å². The van der Waals surface area contributed by atoms with Crippen molar-refractivity contribution in [2.45, 2.75) is 6.92 Å². The van der Waals surface area contributed by atoms with Crippen LogP contribution in [0.4, 0.5) is 0 Å². The zero-order chi connectivity index (χ0) is 28.0. The van der Waals surface area contributed by atoms with Gasteiger partial charge in [-0.25, -0.2) is 9.55 Å². The molecule has 0 unspecified atom stereocenters. The van der Waals surface area contributed by atoms with E-state index in [4.69, 9.17) is 4.74 Å².